The van der Waals surface area contributed by atoms with Crippen molar-refractivity contribution < 1.29 is 28.9 Å². The molecule has 2 aromatic carbocycles. The summed E-state index contributed by atoms with van der Waals surface area (Å²) in [6, 6.07) is 11.2. The van der Waals surface area contributed by atoms with Gasteiger partial charge in [0.05, 0.1) is 43.2 Å². The molecule has 0 bridgehead atoms. The molecule has 9 nitrogen and oxygen atoms in total. The molecule has 5 rings (SSSR count). The molecule has 1 aliphatic heterocycles. The van der Waals surface area contributed by atoms with E-state index in [0.717, 1.165) is 10.3 Å². The molecule has 1 aliphatic rings. The SMILES string of the molecule is COc1cc(C2C(=C(O)c3ccncc3)C(=O)C(=O)N2c2nc3ccc(C)cc3s2)cc(OC)c1OC. The molecule has 0 spiro atoms. The quantitative estimate of drug-likeness (QED) is 0.224. The lowest BCUT2D eigenvalue weighted by Crippen LogP contribution is -2.29. The predicted molar refractivity (Wildman–Crippen MR) is 139 cm³/mol. The lowest BCUT2D eigenvalue weighted by atomic mass is 9.95. The van der Waals surface area contributed by atoms with Crippen molar-refractivity contribution in [3.8, 4) is 17.2 Å². The van der Waals surface area contributed by atoms with Crippen molar-refractivity contribution >= 4 is 44.1 Å². The van der Waals surface area contributed by atoms with E-state index in [1.165, 1.54) is 50.0 Å². The fraction of sp³-hybridized carbons (Fsp3) is 0.185. The molecule has 37 heavy (non-hydrogen) atoms. The average Bonchev–Trinajstić information content (AvgIpc) is 3.45. The van der Waals surface area contributed by atoms with Crippen LogP contribution in [0, 0.1) is 6.92 Å². The van der Waals surface area contributed by atoms with Crippen molar-refractivity contribution in [2.45, 2.75) is 13.0 Å². The van der Waals surface area contributed by atoms with Crippen LogP contribution in [-0.4, -0.2) is 48.1 Å². The molecular weight excluding hydrogens is 494 g/mol. The molecule has 1 unspecified atom stereocenters. The number of aliphatic hydroxyl groups is 1. The Labute approximate surface area is 216 Å². The Bertz CT molecular complexity index is 1540. The number of aryl methyl sites for hydroxylation is 1. The second-order valence-corrected chi connectivity index (χ2v) is 9.34. The van der Waals surface area contributed by atoms with Crippen molar-refractivity contribution in [3.05, 3.63) is 77.1 Å². The summed E-state index contributed by atoms with van der Waals surface area (Å²) >= 11 is 1.29. The van der Waals surface area contributed by atoms with Gasteiger partial charge in [-0.05, 0) is 54.4 Å². The number of hydrogen-bond donors (Lipinski definition) is 1. The maximum Gasteiger partial charge on any atom is 0.301 e. The first-order chi connectivity index (χ1) is 17.9. The van der Waals surface area contributed by atoms with Gasteiger partial charge in [-0.1, -0.05) is 17.4 Å². The second-order valence-electron chi connectivity index (χ2n) is 8.33. The van der Waals surface area contributed by atoms with Crippen LogP contribution in [0.1, 0.15) is 22.7 Å². The Balaban J connectivity index is 1.79. The first kappa shape index (κ1) is 24.3. The smallest absolute Gasteiger partial charge is 0.301 e. The third-order valence-corrected chi connectivity index (χ3v) is 7.16. The number of amides is 1. The standard InChI is InChI=1S/C27H23N3O6S/c1-14-5-6-17-20(11-14)37-27(29-17)30-22(16-12-18(34-2)25(36-4)19(13-16)35-3)21(24(32)26(30)33)23(31)15-7-9-28-10-8-15/h5-13,22,31H,1-4H3. The molecule has 2 aromatic heterocycles. The molecule has 1 saturated heterocycles. The van der Waals surface area contributed by atoms with E-state index in [-0.39, 0.29) is 11.3 Å². The van der Waals surface area contributed by atoms with Gasteiger partial charge in [0.1, 0.15) is 5.76 Å². The third-order valence-electron chi connectivity index (χ3n) is 6.14. The van der Waals surface area contributed by atoms with Crippen LogP contribution in [0.15, 0.2) is 60.4 Å². The van der Waals surface area contributed by atoms with Crippen LogP contribution in [-0.2, 0) is 9.59 Å². The number of aliphatic hydroxyl groups excluding tert-OH is 1. The summed E-state index contributed by atoms with van der Waals surface area (Å²) in [6.07, 6.45) is 2.99. The number of ketones is 1. The van der Waals surface area contributed by atoms with Crippen LogP contribution in [0.2, 0.25) is 0 Å². The number of thiazole rings is 1. The molecule has 4 aromatic rings. The van der Waals surface area contributed by atoms with Crippen LogP contribution < -0.4 is 19.1 Å². The maximum absolute atomic E-state index is 13.5. The van der Waals surface area contributed by atoms with E-state index in [1.54, 1.807) is 24.3 Å². The Hall–Kier alpha value is -4.44. The van der Waals surface area contributed by atoms with E-state index in [4.69, 9.17) is 14.2 Å². The number of fused-ring (bicyclic) bond motifs is 1. The molecule has 0 aliphatic carbocycles. The highest BCUT2D eigenvalue weighted by molar-refractivity contribution is 7.22. The van der Waals surface area contributed by atoms with Gasteiger partial charge >= 0.3 is 5.91 Å². The number of aromatic nitrogens is 2. The molecule has 188 valence electrons. The third kappa shape index (κ3) is 4.05. The zero-order valence-electron chi connectivity index (χ0n) is 20.5. The minimum Gasteiger partial charge on any atom is -0.507 e. The summed E-state index contributed by atoms with van der Waals surface area (Å²) in [6.45, 7) is 1.97. The number of carbonyl (C=O) groups excluding carboxylic acids is 2. The lowest BCUT2D eigenvalue weighted by molar-refractivity contribution is -0.132. The monoisotopic (exact) mass is 517 g/mol. The number of nitrogens with zero attached hydrogens (tertiary/aromatic N) is 3. The molecular formula is C27H23N3O6S. The van der Waals surface area contributed by atoms with Crippen molar-refractivity contribution in [2.24, 2.45) is 0 Å². The van der Waals surface area contributed by atoms with Gasteiger partial charge in [-0.15, -0.1) is 0 Å². The van der Waals surface area contributed by atoms with Crippen molar-refractivity contribution in [1.29, 1.82) is 0 Å². The maximum atomic E-state index is 13.5. The number of pyridine rings is 1. The second kappa shape index (κ2) is 9.55. The zero-order chi connectivity index (χ0) is 26.3. The number of methoxy groups -OCH3 is 3. The van der Waals surface area contributed by atoms with Crippen LogP contribution in [0.4, 0.5) is 5.13 Å². The van der Waals surface area contributed by atoms with E-state index >= 15 is 0 Å². The molecule has 0 saturated carbocycles. The molecule has 1 amide bonds. The minimum atomic E-state index is -1.01. The van der Waals surface area contributed by atoms with Crippen molar-refractivity contribution in [1.82, 2.24) is 9.97 Å². The van der Waals surface area contributed by atoms with Crippen LogP contribution in [0.3, 0.4) is 0 Å². The molecule has 1 N–H and O–H groups in total. The normalized spacial score (nSPS) is 16.9. The van der Waals surface area contributed by atoms with Gasteiger partial charge in [0, 0.05) is 18.0 Å². The summed E-state index contributed by atoms with van der Waals surface area (Å²) in [5.74, 6) is -0.916. The van der Waals surface area contributed by atoms with E-state index in [9.17, 15) is 14.7 Å². The first-order valence-corrected chi connectivity index (χ1v) is 12.1. The summed E-state index contributed by atoms with van der Waals surface area (Å²) in [5.41, 5.74) is 2.49. The largest absolute Gasteiger partial charge is 0.507 e. The van der Waals surface area contributed by atoms with E-state index < -0.39 is 17.7 Å². The van der Waals surface area contributed by atoms with E-state index in [2.05, 4.69) is 9.97 Å². The van der Waals surface area contributed by atoms with Gasteiger partial charge in [-0.3, -0.25) is 19.5 Å². The number of benzene rings is 2. The predicted octanol–water partition coefficient (Wildman–Crippen LogP) is 4.65. The van der Waals surface area contributed by atoms with Gasteiger partial charge < -0.3 is 19.3 Å². The number of rotatable bonds is 6. The number of Topliss-reactive ketones (excluding diaryl/α,β-unsaturated/α-hetero) is 1. The number of hydrogen-bond acceptors (Lipinski definition) is 9. The van der Waals surface area contributed by atoms with Crippen LogP contribution in [0.5, 0.6) is 17.2 Å². The van der Waals surface area contributed by atoms with Gasteiger partial charge in [0.2, 0.25) is 5.75 Å². The fourth-order valence-electron chi connectivity index (χ4n) is 4.39. The lowest BCUT2D eigenvalue weighted by Gasteiger charge is -2.24. The molecule has 10 heteroatoms. The van der Waals surface area contributed by atoms with Gasteiger partial charge in [-0.25, -0.2) is 4.98 Å². The minimum absolute atomic E-state index is 0.0825. The molecule has 1 atom stereocenters. The fourth-order valence-corrected chi connectivity index (χ4v) is 5.48. The first-order valence-electron chi connectivity index (χ1n) is 11.3. The Morgan fingerprint density at radius 2 is 1.65 bits per heavy atom. The molecule has 3 heterocycles. The summed E-state index contributed by atoms with van der Waals surface area (Å²) in [5, 5.41) is 11.6. The Morgan fingerprint density at radius 1 is 0.973 bits per heavy atom. The molecule has 1 fully saturated rings. The summed E-state index contributed by atoms with van der Waals surface area (Å²) in [4.78, 5) is 36.9. The topological polar surface area (TPSA) is 111 Å². The van der Waals surface area contributed by atoms with E-state index in [1.807, 2.05) is 25.1 Å². The highest BCUT2D eigenvalue weighted by atomic mass is 32.1. The van der Waals surface area contributed by atoms with Crippen molar-refractivity contribution in [2.75, 3.05) is 26.2 Å². The Morgan fingerprint density at radius 3 is 2.27 bits per heavy atom. The number of ether oxygens (including phenoxy) is 3. The van der Waals surface area contributed by atoms with Crippen LogP contribution in [0.25, 0.3) is 16.0 Å². The number of carbonyl (C=O) groups is 2. The van der Waals surface area contributed by atoms with Crippen LogP contribution >= 0.6 is 11.3 Å². The Kier molecular flexibility index (Phi) is 6.26. The summed E-state index contributed by atoms with van der Waals surface area (Å²) < 4.78 is 17.4. The highest BCUT2D eigenvalue weighted by Crippen LogP contribution is 2.48. The van der Waals surface area contributed by atoms with Gasteiger partial charge in [-0.2, -0.15) is 0 Å². The highest BCUT2D eigenvalue weighted by Gasteiger charge is 2.48. The number of anilines is 1. The van der Waals surface area contributed by atoms with Gasteiger partial charge in [0.15, 0.2) is 16.6 Å². The molecule has 0 radical (unpaired) electrons. The average molecular weight is 518 g/mol. The van der Waals surface area contributed by atoms with Crippen molar-refractivity contribution in [3.63, 3.8) is 0 Å². The van der Waals surface area contributed by atoms with Gasteiger partial charge in [0.25, 0.3) is 5.78 Å². The zero-order valence-corrected chi connectivity index (χ0v) is 21.3. The van der Waals surface area contributed by atoms with E-state index in [0.29, 0.717) is 39.0 Å². The summed E-state index contributed by atoms with van der Waals surface area (Å²) in [7, 11) is 4.44.